The van der Waals surface area contributed by atoms with Gasteiger partial charge < -0.3 is 15.8 Å². The van der Waals surface area contributed by atoms with Gasteiger partial charge in [-0.3, -0.25) is 4.57 Å². The number of nitrogens with zero attached hydrogens (tertiary/aromatic N) is 4. The smallest absolute Gasteiger partial charge is 0.209 e. The SMILES string of the molecule is CC1(Cc2ncc3nc(Nc4cccc(Cl)c4)n(C4CC(N)C4)c3n2)CCOCC1. The third-order valence-corrected chi connectivity index (χ3v) is 6.60. The molecular formula is C22H27ClN6O. The summed E-state index contributed by atoms with van der Waals surface area (Å²) in [6.07, 6.45) is 6.60. The highest BCUT2D eigenvalue weighted by Crippen LogP contribution is 2.38. The van der Waals surface area contributed by atoms with E-state index in [-0.39, 0.29) is 17.5 Å². The molecule has 3 aromatic rings. The number of fused-ring (bicyclic) bond motifs is 1. The third-order valence-electron chi connectivity index (χ3n) is 6.36. The van der Waals surface area contributed by atoms with Crippen LogP contribution in [0.1, 0.15) is 44.5 Å². The van der Waals surface area contributed by atoms with E-state index >= 15 is 0 Å². The Morgan fingerprint density at radius 2 is 2.07 bits per heavy atom. The quantitative estimate of drug-likeness (QED) is 0.633. The molecule has 3 heterocycles. The highest BCUT2D eigenvalue weighted by Gasteiger charge is 2.33. The first-order valence-corrected chi connectivity index (χ1v) is 11.0. The number of rotatable bonds is 5. The van der Waals surface area contributed by atoms with Crippen LogP contribution in [-0.4, -0.2) is 38.8 Å². The van der Waals surface area contributed by atoms with Crippen molar-refractivity contribution in [1.29, 1.82) is 0 Å². The second-order valence-corrected chi connectivity index (χ2v) is 9.36. The molecule has 7 nitrogen and oxygen atoms in total. The minimum atomic E-state index is 0.178. The fraction of sp³-hybridized carbons (Fsp3) is 0.500. The molecule has 0 atom stereocenters. The van der Waals surface area contributed by atoms with Crippen LogP contribution in [0.2, 0.25) is 5.02 Å². The van der Waals surface area contributed by atoms with Gasteiger partial charge >= 0.3 is 0 Å². The number of hydrogen-bond donors (Lipinski definition) is 2. The Morgan fingerprint density at radius 1 is 1.27 bits per heavy atom. The van der Waals surface area contributed by atoms with Crippen LogP contribution in [-0.2, 0) is 11.2 Å². The predicted molar refractivity (Wildman–Crippen MR) is 118 cm³/mol. The van der Waals surface area contributed by atoms with Crippen LogP contribution in [0.4, 0.5) is 11.6 Å². The molecule has 5 rings (SSSR count). The van der Waals surface area contributed by atoms with E-state index in [0.717, 1.165) is 73.9 Å². The number of imidazole rings is 1. The fourth-order valence-corrected chi connectivity index (χ4v) is 4.59. The highest BCUT2D eigenvalue weighted by atomic mass is 35.5. The lowest BCUT2D eigenvalue weighted by Crippen LogP contribution is -2.38. The zero-order chi connectivity index (χ0) is 20.7. The van der Waals surface area contributed by atoms with Crippen LogP contribution in [0.15, 0.2) is 30.5 Å². The Bertz CT molecular complexity index is 1050. The lowest BCUT2D eigenvalue weighted by Gasteiger charge is -2.34. The van der Waals surface area contributed by atoms with Crippen molar-refractivity contribution >= 4 is 34.4 Å². The summed E-state index contributed by atoms with van der Waals surface area (Å²) in [5, 5.41) is 4.10. The minimum Gasteiger partial charge on any atom is -0.381 e. The highest BCUT2D eigenvalue weighted by molar-refractivity contribution is 6.30. The van der Waals surface area contributed by atoms with Gasteiger partial charge in [0.15, 0.2) is 5.65 Å². The van der Waals surface area contributed by atoms with Gasteiger partial charge in [0.25, 0.3) is 0 Å². The molecule has 0 radical (unpaired) electrons. The first-order valence-electron chi connectivity index (χ1n) is 10.6. The summed E-state index contributed by atoms with van der Waals surface area (Å²) in [5.41, 5.74) is 8.83. The van der Waals surface area contributed by atoms with E-state index in [9.17, 15) is 0 Å². The number of benzene rings is 1. The maximum absolute atomic E-state index is 6.16. The number of aromatic nitrogens is 4. The van der Waals surface area contributed by atoms with Gasteiger partial charge in [0, 0.05) is 42.4 Å². The van der Waals surface area contributed by atoms with Gasteiger partial charge in [-0.05, 0) is 49.3 Å². The van der Waals surface area contributed by atoms with Gasteiger partial charge in [-0.1, -0.05) is 24.6 Å². The Labute approximate surface area is 181 Å². The predicted octanol–water partition coefficient (Wildman–Crippen LogP) is 4.24. The standard InChI is InChI=1S/C22H27ClN6O/c1-22(5-7-30-8-6-22)12-19-25-13-18-20(28-19)29(17-10-15(24)11-17)21(27-18)26-16-4-2-3-14(23)9-16/h2-4,9,13,15,17H,5-8,10-12,24H2,1H3,(H,26,27). The molecule has 2 aliphatic rings. The minimum absolute atomic E-state index is 0.178. The van der Waals surface area contributed by atoms with Crippen molar-refractivity contribution in [2.24, 2.45) is 11.1 Å². The normalized spacial score (nSPS) is 23.3. The van der Waals surface area contributed by atoms with Crippen LogP contribution in [0.25, 0.3) is 11.2 Å². The Morgan fingerprint density at radius 3 is 2.80 bits per heavy atom. The van der Waals surface area contributed by atoms with Crippen LogP contribution in [0.3, 0.4) is 0 Å². The van der Waals surface area contributed by atoms with Gasteiger partial charge in [-0.15, -0.1) is 0 Å². The number of halogens is 1. The number of ether oxygens (including phenoxy) is 1. The second-order valence-electron chi connectivity index (χ2n) is 8.92. The van der Waals surface area contributed by atoms with E-state index in [2.05, 4.69) is 21.8 Å². The maximum Gasteiger partial charge on any atom is 0.209 e. The molecule has 1 saturated heterocycles. The largest absolute Gasteiger partial charge is 0.381 e. The summed E-state index contributed by atoms with van der Waals surface area (Å²) < 4.78 is 7.73. The molecule has 2 aromatic heterocycles. The summed E-state index contributed by atoms with van der Waals surface area (Å²) in [6, 6.07) is 8.16. The van der Waals surface area contributed by atoms with E-state index in [1.54, 1.807) is 0 Å². The average molecular weight is 427 g/mol. The van der Waals surface area contributed by atoms with Crippen LogP contribution >= 0.6 is 11.6 Å². The van der Waals surface area contributed by atoms with Crippen molar-refractivity contribution in [1.82, 2.24) is 19.5 Å². The van der Waals surface area contributed by atoms with Crippen molar-refractivity contribution < 1.29 is 4.74 Å². The number of nitrogens with one attached hydrogen (secondary N) is 1. The first-order chi connectivity index (χ1) is 14.5. The molecule has 0 spiro atoms. The summed E-state index contributed by atoms with van der Waals surface area (Å²) in [4.78, 5) is 14.4. The second kappa shape index (κ2) is 7.80. The molecule has 158 valence electrons. The van der Waals surface area contributed by atoms with Gasteiger partial charge in [0.05, 0.1) is 6.20 Å². The Balaban J connectivity index is 1.51. The first kappa shape index (κ1) is 19.7. The number of nitrogens with two attached hydrogens (primary N) is 1. The van der Waals surface area contributed by atoms with Gasteiger partial charge in [0.2, 0.25) is 5.95 Å². The lowest BCUT2D eigenvalue weighted by molar-refractivity contribution is 0.0232. The average Bonchev–Trinajstić information content (AvgIpc) is 3.02. The number of anilines is 2. The van der Waals surface area contributed by atoms with Crippen molar-refractivity contribution in [2.45, 2.75) is 51.1 Å². The number of hydrogen-bond acceptors (Lipinski definition) is 6. The molecule has 1 aliphatic heterocycles. The zero-order valence-electron chi connectivity index (χ0n) is 17.1. The Hall–Kier alpha value is -2.22. The van der Waals surface area contributed by atoms with Gasteiger partial charge in [-0.2, -0.15) is 0 Å². The summed E-state index contributed by atoms with van der Waals surface area (Å²) >= 11 is 6.16. The molecule has 30 heavy (non-hydrogen) atoms. The fourth-order valence-electron chi connectivity index (χ4n) is 4.40. The maximum atomic E-state index is 6.16. The summed E-state index contributed by atoms with van der Waals surface area (Å²) in [7, 11) is 0. The molecule has 1 aromatic carbocycles. The molecule has 0 amide bonds. The molecule has 1 aliphatic carbocycles. The van der Waals surface area contributed by atoms with E-state index in [0.29, 0.717) is 5.02 Å². The van der Waals surface area contributed by atoms with Crippen molar-refractivity contribution in [3.8, 4) is 0 Å². The van der Waals surface area contributed by atoms with Crippen molar-refractivity contribution in [3.05, 3.63) is 41.3 Å². The van der Waals surface area contributed by atoms with Crippen LogP contribution < -0.4 is 11.1 Å². The molecule has 8 heteroatoms. The van der Waals surface area contributed by atoms with Crippen LogP contribution in [0, 0.1) is 5.41 Å². The zero-order valence-corrected chi connectivity index (χ0v) is 17.9. The van der Waals surface area contributed by atoms with Crippen molar-refractivity contribution in [2.75, 3.05) is 18.5 Å². The van der Waals surface area contributed by atoms with Crippen LogP contribution in [0.5, 0.6) is 0 Å². The molecule has 2 fully saturated rings. The van der Waals surface area contributed by atoms with E-state index in [4.69, 9.17) is 32.0 Å². The van der Waals surface area contributed by atoms with Gasteiger partial charge in [-0.25, -0.2) is 15.0 Å². The Kier molecular flexibility index (Phi) is 5.13. The topological polar surface area (TPSA) is 90.9 Å². The summed E-state index contributed by atoms with van der Waals surface area (Å²) in [6.45, 7) is 3.92. The lowest BCUT2D eigenvalue weighted by atomic mass is 9.79. The van der Waals surface area contributed by atoms with Gasteiger partial charge in [0.1, 0.15) is 11.3 Å². The van der Waals surface area contributed by atoms with E-state index < -0.39 is 0 Å². The molecule has 1 saturated carbocycles. The molecule has 0 bridgehead atoms. The summed E-state index contributed by atoms with van der Waals surface area (Å²) in [5.74, 6) is 1.62. The van der Waals surface area contributed by atoms with E-state index in [1.165, 1.54) is 0 Å². The molecular weight excluding hydrogens is 400 g/mol. The van der Waals surface area contributed by atoms with Crippen molar-refractivity contribution in [3.63, 3.8) is 0 Å². The third kappa shape index (κ3) is 3.89. The molecule has 0 unspecified atom stereocenters. The monoisotopic (exact) mass is 426 g/mol. The van der Waals surface area contributed by atoms with E-state index in [1.807, 2.05) is 30.5 Å². The molecule has 3 N–H and O–H groups in total.